The highest BCUT2D eigenvalue weighted by Crippen LogP contribution is 2.31. The number of rotatable bonds is 16. The minimum atomic E-state index is -0.0886. The summed E-state index contributed by atoms with van der Waals surface area (Å²) < 4.78 is 22.2. The molecular weight excluding hydrogens is 468 g/mol. The lowest BCUT2D eigenvalue weighted by molar-refractivity contribution is 0.182. The van der Waals surface area contributed by atoms with E-state index >= 15 is 0 Å². The fourth-order valence-corrected chi connectivity index (χ4v) is 3.70. The van der Waals surface area contributed by atoms with Crippen molar-refractivity contribution in [2.45, 2.75) is 46.6 Å². The van der Waals surface area contributed by atoms with Crippen LogP contribution < -0.4 is 19.5 Å². The van der Waals surface area contributed by atoms with Crippen LogP contribution in [0.25, 0.3) is 12.2 Å². The summed E-state index contributed by atoms with van der Waals surface area (Å²) in [6.07, 6.45) is 6.77. The second kappa shape index (κ2) is 16.5. The highest BCUT2D eigenvalue weighted by atomic mass is 16.5. The molecule has 0 saturated carbocycles. The zero-order chi connectivity index (χ0) is 27.0. The normalized spacial score (nSPS) is 11.1. The fraction of sp³-hybridized carbons (Fsp3) is 0.500. The molecule has 0 fully saturated rings. The first-order chi connectivity index (χ1) is 17.9. The molecule has 0 atom stereocenters. The molecule has 0 aliphatic rings. The van der Waals surface area contributed by atoms with E-state index in [4.69, 9.17) is 18.9 Å². The molecule has 2 rings (SSSR count). The number of hydrogen-bond donors (Lipinski definition) is 1. The van der Waals surface area contributed by atoms with Crippen LogP contribution in [0.2, 0.25) is 0 Å². The van der Waals surface area contributed by atoms with Crippen LogP contribution in [0, 0.1) is 5.92 Å². The van der Waals surface area contributed by atoms with E-state index in [9.17, 15) is 4.79 Å². The van der Waals surface area contributed by atoms with E-state index < -0.39 is 0 Å². The predicted octanol–water partition coefficient (Wildman–Crippen LogP) is 6.26. The molecular formula is C30H44N2O5. The summed E-state index contributed by atoms with van der Waals surface area (Å²) >= 11 is 0. The lowest BCUT2D eigenvalue weighted by Crippen LogP contribution is -2.40. The van der Waals surface area contributed by atoms with Gasteiger partial charge in [0.15, 0.2) is 0 Å². The Kier molecular flexibility index (Phi) is 13.4. The molecule has 204 valence electrons. The SMILES string of the molecule is CCCCN(Cc1c(/C=C/c2ccc(OCC(C)C)cc2)cc(OC)cc1OC)C(=O)NCCCOC. The third kappa shape index (κ3) is 10.4. The number of carbonyl (C=O) groups excluding carboxylic acids is 1. The van der Waals surface area contributed by atoms with E-state index in [0.717, 1.165) is 41.7 Å². The van der Waals surface area contributed by atoms with Crippen LogP contribution in [-0.2, 0) is 11.3 Å². The zero-order valence-electron chi connectivity index (χ0n) is 23.3. The van der Waals surface area contributed by atoms with Crippen LogP contribution >= 0.6 is 0 Å². The number of urea groups is 1. The van der Waals surface area contributed by atoms with Gasteiger partial charge < -0.3 is 29.2 Å². The Morgan fingerprint density at radius 2 is 1.76 bits per heavy atom. The number of nitrogens with one attached hydrogen (secondary N) is 1. The van der Waals surface area contributed by atoms with Gasteiger partial charge in [-0.25, -0.2) is 4.79 Å². The van der Waals surface area contributed by atoms with Crippen molar-refractivity contribution in [1.82, 2.24) is 10.2 Å². The number of nitrogens with zero attached hydrogens (tertiary/aromatic N) is 1. The third-order valence-corrected chi connectivity index (χ3v) is 5.81. The maximum absolute atomic E-state index is 13.0. The average Bonchev–Trinajstić information content (AvgIpc) is 2.91. The summed E-state index contributed by atoms with van der Waals surface area (Å²) in [5.41, 5.74) is 2.91. The van der Waals surface area contributed by atoms with E-state index in [-0.39, 0.29) is 6.03 Å². The lowest BCUT2D eigenvalue weighted by Gasteiger charge is -2.25. The summed E-state index contributed by atoms with van der Waals surface area (Å²) in [7, 11) is 4.94. The van der Waals surface area contributed by atoms with Crippen LogP contribution in [0.1, 0.15) is 56.7 Å². The van der Waals surface area contributed by atoms with Gasteiger partial charge in [-0.1, -0.05) is 51.5 Å². The topological polar surface area (TPSA) is 69.3 Å². The van der Waals surface area contributed by atoms with Gasteiger partial charge in [-0.15, -0.1) is 0 Å². The van der Waals surface area contributed by atoms with Gasteiger partial charge in [0, 0.05) is 38.4 Å². The van der Waals surface area contributed by atoms with Crippen molar-refractivity contribution in [1.29, 1.82) is 0 Å². The summed E-state index contributed by atoms with van der Waals surface area (Å²) in [6, 6.07) is 11.8. The molecule has 0 saturated heterocycles. The molecule has 0 aliphatic heterocycles. The van der Waals surface area contributed by atoms with Crippen molar-refractivity contribution in [3.05, 3.63) is 53.1 Å². The van der Waals surface area contributed by atoms with E-state index in [1.165, 1.54) is 0 Å². The van der Waals surface area contributed by atoms with E-state index in [0.29, 0.717) is 50.3 Å². The van der Waals surface area contributed by atoms with Gasteiger partial charge in [0.25, 0.3) is 0 Å². The Morgan fingerprint density at radius 1 is 1.00 bits per heavy atom. The van der Waals surface area contributed by atoms with Gasteiger partial charge in [0.2, 0.25) is 0 Å². The molecule has 0 spiro atoms. The third-order valence-electron chi connectivity index (χ3n) is 5.81. The summed E-state index contributed by atoms with van der Waals surface area (Å²) in [5, 5.41) is 3.02. The number of methoxy groups -OCH3 is 3. The quantitative estimate of drug-likeness (QED) is 0.212. The van der Waals surface area contributed by atoms with Crippen molar-refractivity contribution in [3.63, 3.8) is 0 Å². The van der Waals surface area contributed by atoms with Crippen molar-refractivity contribution in [2.75, 3.05) is 47.6 Å². The Bertz CT molecular complexity index is 973. The predicted molar refractivity (Wildman–Crippen MR) is 150 cm³/mol. The van der Waals surface area contributed by atoms with Gasteiger partial charge >= 0.3 is 6.03 Å². The number of amides is 2. The first-order valence-corrected chi connectivity index (χ1v) is 13.1. The van der Waals surface area contributed by atoms with Crippen LogP contribution in [0.5, 0.6) is 17.2 Å². The van der Waals surface area contributed by atoms with Crippen LogP contribution in [0.4, 0.5) is 4.79 Å². The minimum absolute atomic E-state index is 0.0886. The smallest absolute Gasteiger partial charge is 0.317 e. The van der Waals surface area contributed by atoms with Gasteiger partial charge in [0.1, 0.15) is 17.2 Å². The number of hydrogen-bond acceptors (Lipinski definition) is 5. The van der Waals surface area contributed by atoms with Crippen molar-refractivity contribution in [3.8, 4) is 17.2 Å². The van der Waals surface area contributed by atoms with Crippen LogP contribution in [0.15, 0.2) is 36.4 Å². The number of benzene rings is 2. The molecule has 2 aromatic rings. The standard InChI is InChI=1S/C30H44N2O5/c1-7-8-17-32(30(33)31-16-9-18-34-4)21-28-25(19-27(35-5)20-29(28)36-6)13-10-24-11-14-26(15-12-24)37-22-23(2)3/h10-15,19-20,23H,7-9,16-18,21-22H2,1-6H3,(H,31,33)/b13-10+. The maximum Gasteiger partial charge on any atom is 0.317 e. The van der Waals surface area contributed by atoms with E-state index in [2.05, 4.69) is 26.1 Å². The van der Waals surface area contributed by atoms with Crippen LogP contribution in [0.3, 0.4) is 0 Å². The molecule has 2 aromatic carbocycles. The Labute approximate surface area is 222 Å². The maximum atomic E-state index is 13.0. The molecule has 7 nitrogen and oxygen atoms in total. The van der Waals surface area contributed by atoms with Gasteiger partial charge in [-0.3, -0.25) is 0 Å². The molecule has 0 bridgehead atoms. The molecule has 7 heteroatoms. The Morgan fingerprint density at radius 3 is 2.38 bits per heavy atom. The summed E-state index contributed by atoms with van der Waals surface area (Å²) in [5.74, 6) is 2.72. The first kappa shape index (κ1) is 30.0. The fourth-order valence-electron chi connectivity index (χ4n) is 3.70. The molecule has 1 N–H and O–H groups in total. The largest absolute Gasteiger partial charge is 0.497 e. The number of carbonyl (C=O) groups is 1. The molecule has 0 aliphatic carbocycles. The molecule has 0 aromatic heterocycles. The molecule has 0 radical (unpaired) electrons. The van der Waals surface area contributed by atoms with E-state index in [1.807, 2.05) is 53.5 Å². The van der Waals surface area contributed by atoms with Crippen molar-refractivity contribution < 1.29 is 23.7 Å². The monoisotopic (exact) mass is 512 g/mol. The summed E-state index contributed by atoms with van der Waals surface area (Å²) in [6.45, 7) is 9.33. The highest BCUT2D eigenvalue weighted by Gasteiger charge is 2.19. The Hall–Kier alpha value is -3.19. The van der Waals surface area contributed by atoms with Gasteiger partial charge in [0.05, 0.1) is 27.4 Å². The Balaban J connectivity index is 2.30. The molecule has 2 amide bonds. The van der Waals surface area contributed by atoms with Crippen molar-refractivity contribution in [2.24, 2.45) is 5.92 Å². The summed E-state index contributed by atoms with van der Waals surface area (Å²) in [4.78, 5) is 14.9. The van der Waals surface area contributed by atoms with E-state index in [1.54, 1.807) is 21.3 Å². The van der Waals surface area contributed by atoms with Gasteiger partial charge in [-0.2, -0.15) is 0 Å². The number of ether oxygens (including phenoxy) is 4. The lowest BCUT2D eigenvalue weighted by atomic mass is 10.0. The first-order valence-electron chi connectivity index (χ1n) is 13.1. The zero-order valence-corrected chi connectivity index (χ0v) is 23.3. The molecule has 0 unspecified atom stereocenters. The van der Waals surface area contributed by atoms with Gasteiger partial charge in [-0.05, 0) is 48.1 Å². The number of unbranched alkanes of at least 4 members (excludes halogenated alkanes) is 1. The average molecular weight is 513 g/mol. The molecule has 37 heavy (non-hydrogen) atoms. The van der Waals surface area contributed by atoms with Crippen LogP contribution in [-0.4, -0.2) is 58.6 Å². The second-order valence-electron chi connectivity index (χ2n) is 9.36. The minimum Gasteiger partial charge on any atom is -0.497 e. The van der Waals surface area contributed by atoms with Crippen molar-refractivity contribution >= 4 is 18.2 Å². The molecule has 0 heterocycles. The highest BCUT2D eigenvalue weighted by molar-refractivity contribution is 5.76. The second-order valence-corrected chi connectivity index (χ2v) is 9.36.